The Labute approximate surface area is 96.1 Å². The summed E-state index contributed by atoms with van der Waals surface area (Å²) in [4.78, 5) is 13.2. The van der Waals surface area contributed by atoms with Crippen LogP contribution in [0.5, 0.6) is 0 Å². The van der Waals surface area contributed by atoms with Crippen LogP contribution in [0.3, 0.4) is 0 Å². The summed E-state index contributed by atoms with van der Waals surface area (Å²) in [7, 11) is 0. The number of pyridine rings is 1. The molecule has 1 rings (SSSR count). The molecule has 1 heterocycles. The van der Waals surface area contributed by atoms with Gasteiger partial charge in [-0.2, -0.15) is 13.2 Å². The topological polar surface area (TPSA) is 50.2 Å². The van der Waals surface area contributed by atoms with E-state index in [0.29, 0.717) is 0 Å². The first-order valence-electron chi connectivity index (χ1n) is 4.39. The minimum Gasteiger partial charge on any atom is -0.481 e. The molecule has 0 saturated carbocycles. The Balaban J connectivity index is 3.45. The maximum atomic E-state index is 13.4. The Morgan fingerprint density at radius 1 is 1.39 bits per heavy atom. The maximum absolute atomic E-state index is 13.4. The zero-order valence-electron chi connectivity index (χ0n) is 8.43. The lowest BCUT2D eigenvalue weighted by Gasteiger charge is -2.14. The summed E-state index contributed by atoms with van der Waals surface area (Å²) in [6.07, 6.45) is -9.92. The molecule has 0 spiro atoms. The van der Waals surface area contributed by atoms with E-state index in [9.17, 15) is 31.1 Å². The van der Waals surface area contributed by atoms with Crippen molar-refractivity contribution >= 4 is 5.97 Å². The fourth-order valence-corrected chi connectivity index (χ4v) is 1.26. The number of carbonyl (C=O) groups is 1. The molecule has 0 unspecified atom stereocenters. The first-order chi connectivity index (χ1) is 8.14. The van der Waals surface area contributed by atoms with Gasteiger partial charge in [-0.05, 0) is 0 Å². The quantitative estimate of drug-likeness (QED) is 0.861. The van der Waals surface area contributed by atoms with E-state index in [2.05, 4.69) is 4.98 Å². The lowest BCUT2D eigenvalue weighted by atomic mass is 10.1. The number of rotatable bonds is 3. The van der Waals surface area contributed by atoms with E-state index in [-0.39, 0.29) is 6.20 Å². The van der Waals surface area contributed by atoms with Crippen molar-refractivity contribution in [2.24, 2.45) is 0 Å². The van der Waals surface area contributed by atoms with Gasteiger partial charge in [-0.3, -0.25) is 9.78 Å². The van der Waals surface area contributed by atoms with Gasteiger partial charge in [-0.15, -0.1) is 0 Å². The van der Waals surface area contributed by atoms with Gasteiger partial charge in [0.15, 0.2) is 5.82 Å². The van der Waals surface area contributed by atoms with Crippen molar-refractivity contribution < 1.29 is 36.2 Å². The summed E-state index contributed by atoms with van der Waals surface area (Å²) >= 11 is 0. The third-order valence-corrected chi connectivity index (χ3v) is 1.96. The van der Waals surface area contributed by atoms with Crippen molar-refractivity contribution in [2.45, 2.75) is 19.0 Å². The van der Waals surface area contributed by atoms with E-state index in [0.717, 1.165) is 0 Å². The summed E-state index contributed by atoms with van der Waals surface area (Å²) in [5, 5.41) is 8.33. The van der Waals surface area contributed by atoms with Gasteiger partial charge in [-0.25, -0.2) is 13.2 Å². The second-order valence-electron chi connectivity index (χ2n) is 3.22. The standard InChI is InChI=1S/C9H5F6NO2/c10-7-4(1-5(17)18)16-2-3(8(11)12)6(7)9(13,14)15/h2,8H,1H2,(H,17,18). The third-order valence-electron chi connectivity index (χ3n) is 1.96. The molecule has 1 N–H and O–H groups in total. The largest absolute Gasteiger partial charge is 0.481 e. The number of halogens is 6. The van der Waals surface area contributed by atoms with Gasteiger partial charge in [0.1, 0.15) is 5.56 Å². The predicted octanol–water partition coefficient (Wildman–Crippen LogP) is 2.80. The summed E-state index contributed by atoms with van der Waals surface area (Å²) < 4.78 is 75.3. The van der Waals surface area contributed by atoms with Crippen molar-refractivity contribution in [3.63, 3.8) is 0 Å². The molecule has 0 saturated heterocycles. The van der Waals surface area contributed by atoms with Gasteiger partial charge in [0.25, 0.3) is 6.43 Å². The third kappa shape index (κ3) is 2.90. The van der Waals surface area contributed by atoms with Crippen LogP contribution in [0.15, 0.2) is 6.20 Å². The first kappa shape index (κ1) is 14.3. The number of aliphatic carboxylic acids is 1. The Morgan fingerprint density at radius 3 is 2.33 bits per heavy atom. The lowest BCUT2D eigenvalue weighted by Crippen LogP contribution is -2.17. The van der Waals surface area contributed by atoms with E-state index in [1.165, 1.54) is 0 Å². The van der Waals surface area contributed by atoms with Crippen LogP contribution in [0.25, 0.3) is 0 Å². The van der Waals surface area contributed by atoms with Crippen LogP contribution in [-0.2, 0) is 17.4 Å². The van der Waals surface area contributed by atoms with Crippen LogP contribution in [0.2, 0.25) is 0 Å². The smallest absolute Gasteiger partial charge is 0.419 e. The molecule has 100 valence electrons. The molecule has 1 aromatic rings. The second-order valence-corrected chi connectivity index (χ2v) is 3.22. The molecule has 0 atom stereocenters. The Bertz CT molecular complexity index is 471. The zero-order chi connectivity index (χ0) is 14.1. The zero-order valence-corrected chi connectivity index (χ0v) is 8.43. The van der Waals surface area contributed by atoms with E-state index in [1.54, 1.807) is 0 Å². The van der Waals surface area contributed by atoms with Crippen LogP contribution in [-0.4, -0.2) is 16.1 Å². The van der Waals surface area contributed by atoms with Gasteiger partial charge in [0.2, 0.25) is 0 Å². The van der Waals surface area contributed by atoms with Gasteiger partial charge in [-0.1, -0.05) is 0 Å². The Hall–Kier alpha value is -1.80. The van der Waals surface area contributed by atoms with Crippen LogP contribution in [0.1, 0.15) is 23.2 Å². The molecule has 0 amide bonds. The molecular weight excluding hydrogens is 268 g/mol. The summed E-state index contributed by atoms with van der Waals surface area (Å²) in [5.41, 5.74) is -4.84. The lowest BCUT2D eigenvalue weighted by molar-refractivity contribution is -0.142. The average molecular weight is 273 g/mol. The number of carboxylic acids is 1. The highest BCUT2D eigenvalue weighted by Gasteiger charge is 2.40. The highest BCUT2D eigenvalue weighted by molar-refractivity contribution is 5.69. The molecule has 0 bridgehead atoms. The van der Waals surface area contributed by atoms with Gasteiger partial charge >= 0.3 is 12.1 Å². The molecule has 0 fully saturated rings. The maximum Gasteiger partial charge on any atom is 0.419 e. The average Bonchev–Trinajstić information content (AvgIpc) is 2.17. The van der Waals surface area contributed by atoms with Crippen molar-refractivity contribution in [1.29, 1.82) is 0 Å². The SMILES string of the molecule is O=C(O)Cc1ncc(C(F)F)c(C(F)(F)F)c1F. The van der Waals surface area contributed by atoms with Gasteiger partial charge in [0.05, 0.1) is 17.7 Å². The van der Waals surface area contributed by atoms with Crippen molar-refractivity contribution in [3.8, 4) is 0 Å². The van der Waals surface area contributed by atoms with Crippen molar-refractivity contribution in [3.05, 3.63) is 28.8 Å². The molecule has 0 aliphatic heterocycles. The number of carboxylic acid groups (broad SMARTS) is 1. The molecule has 0 aromatic carbocycles. The van der Waals surface area contributed by atoms with E-state index in [1.807, 2.05) is 0 Å². The highest BCUT2D eigenvalue weighted by Crippen LogP contribution is 2.38. The van der Waals surface area contributed by atoms with Crippen LogP contribution < -0.4 is 0 Å². The molecule has 18 heavy (non-hydrogen) atoms. The van der Waals surface area contributed by atoms with Gasteiger partial charge < -0.3 is 5.11 Å². The molecule has 0 radical (unpaired) electrons. The van der Waals surface area contributed by atoms with Crippen molar-refractivity contribution in [1.82, 2.24) is 4.98 Å². The monoisotopic (exact) mass is 273 g/mol. The number of alkyl halides is 5. The molecule has 3 nitrogen and oxygen atoms in total. The van der Waals surface area contributed by atoms with Crippen molar-refractivity contribution in [2.75, 3.05) is 0 Å². The second kappa shape index (κ2) is 4.83. The van der Waals surface area contributed by atoms with Gasteiger partial charge in [0, 0.05) is 6.20 Å². The summed E-state index contributed by atoms with van der Waals surface area (Å²) in [5.74, 6) is -3.71. The predicted molar refractivity (Wildman–Crippen MR) is 45.5 cm³/mol. The number of nitrogens with zero attached hydrogens (tertiary/aromatic N) is 1. The molecule has 0 aliphatic rings. The summed E-state index contributed by atoms with van der Waals surface area (Å²) in [6, 6.07) is 0. The summed E-state index contributed by atoms with van der Waals surface area (Å²) in [6.45, 7) is 0. The number of aromatic nitrogens is 1. The van der Waals surface area contributed by atoms with E-state index < -0.39 is 47.6 Å². The number of hydrogen-bond acceptors (Lipinski definition) is 2. The first-order valence-corrected chi connectivity index (χ1v) is 4.39. The molecular formula is C9H5F6NO2. The van der Waals surface area contributed by atoms with Crippen LogP contribution >= 0.6 is 0 Å². The molecule has 0 aliphatic carbocycles. The Morgan fingerprint density at radius 2 is 1.94 bits per heavy atom. The number of hydrogen-bond donors (Lipinski definition) is 1. The normalized spacial score (nSPS) is 11.9. The van der Waals surface area contributed by atoms with E-state index in [4.69, 9.17) is 5.11 Å². The molecule has 1 aromatic heterocycles. The minimum absolute atomic E-state index is 0.134. The Kier molecular flexibility index (Phi) is 3.82. The van der Waals surface area contributed by atoms with Crippen LogP contribution in [0, 0.1) is 5.82 Å². The van der Waals surface area contributed by atoms with Crippen LogP contribution in [0.4, 0.5) is 26.3 Å². The fourth-order valence-electron chi connectivity index (χ4n) is 1.26. The highest BCUT2D eigenvalue weighted by atomic mass is 19.4. The fraction of sp³-hybridized carbons (Fsp3) is 0.333. The molecule has 9 heteroatoms. The van der Waals surface area contributed by atoms with E-state index >= 15 is 0 Å². The minimum atomic E-state index is -5.36.